The summed E-state index contributed by atoms with van der Waals surface area (Å²) >= 11 is 1.58. The van der Waals surface area contributed by atoms with Crippen LogP contribution in [0.1, 0.15) is 28.7 Å². The van der Waals surface area contributed by atoms with Crippen LogP contribution in [0.4, 0.5) is 0 Å². The molecular formula is C12H19N3O3S2. The van der Waals surface area contributed by atoms with E-state index in [9.17, 15) is 13.2 Å². The van der Waals surface area contributed by atoms with E-state index in [2.05, 4.69) is 10.2 Å². The third-order valence-corrected chi connectivity index (χ3v) is 6.79. The molecule has 6 nitrogen and oxygen atoms in total. The van der Waals surface area contributed by atoms with Crippen molar-refractivity contribution in [2.24, 2.45) is 0 Å². The van der Waals surface area contributed by atoms with E-state index in [1.807, 2.05) is 0 Å². The fourth-order valence-electron chi connectivity index (χ4n) is 2.31. The Hall–Kier alpha value is -1.02. The molecule has 112 valence electrons. The normalized spacial score (nSPS) is 20.1. The Bertz CT molecular complexity index is 590. The minimum atomic E-state index is -3.28. The van der Waals surface area contributed by atoms with Crippen LogP contribution in [0.15, 0.2) is 0 Å². The lowest BCUT2D eigenvalue weighted by molar-refractivity contribution is 0.0748. The number of carbonyl (C=O) groups is 1. The monoisotopic (exact) mass is 317 g/mol. The second-order valence-electron chi connectivity index (χ2n) is 4.79. The number of amides is 1. The zero-order valence-corrected chi connectivity index (χ0v) is 13.5. The molecule has 8 heteroatoms. The lowest BCUT2D eigenvalue weighted by Crippen LogP contribution is -2.50. The molecule has 1 aromatic heterocycles. The van der Waals surface area contributed by atoms with Crippen molar-refractivity contribution in [3.8, 4) is 0 Å². The minimum absolute atomic E-state index is 0.0470. The molecule has 0 saturated carbocycles. The second-order valence-corrected chi connectivity index (χ2v) is 8.39. The summed E-state index contributed by atoms with van der Waals surface area (Å²) in [6.07, 6.45) is 0. The van der Waals surface area contributed by atoms with Gasteiger partial charge in [0, 0.05) is 29.5 Å². The average Bonchev–Trinajstić information content (AvgIpc) is 2.77. The van der Waals surface area contributed by atoms with Crippen LogP contribution >= 0.6 is 11.8 Å². The van der Waals surface area contributed by atoms with Crippen molar-refractivity contribution in [2.75, 3.05) is 23.8 Å². The number of rotatable bonds is 3. The first-order valence-electron chi connectivity index (χ1n) is 6.50. The zero-order chi connectivity index (χ0) is 14.9. The smallest absolute Gasteiger partial charge is 0.258 e. The maximum absolute atomic E-state index is 12.7. The molecule has 1 aliphatic heterocycles. The van der Waals surface area contributed by atoms with E-state index < -0.39 is 15.2 Å². The molecule has 0 bridgehead atoms. The van der Waals surface area contributed by atoms with Crippen molar-refractivity contribution < 1.29 is 13.2 Å². The molecule has 0 aliphatic carbocycles. The summed E-state index contributed by atoms with van der Waals surface area (Å²) in [6.45, 7) is 5.59. The quantitative estimate of drug-likeness (QED) is 0.898. The zero-order valence-electron chi connectivity index (χ0n) is 11.8. The van der Waals surface area contributed by atoms with Crippen LogP contribution in [0.5, 0.6) is 0 Å². The largest absolute Gasteiger partial charge is 0.320 e. The number of aromatic amines is 1. The Balaban J connectivity index is 2.36. The number of sulfone groups is 1. The van der Waals surface area contributed by atoms with E-state index in [0.717, 1.165) is 5.75 Å². The number of hydrogen-bond acceptors (Lipinski definition) is 5. The maximum atomic E-state index is 12.7. The molecule has 1 unspecified atom stereocenters. The van der Waals surface area contributed by atoms with Crippen LogP contribution in [-0.4, -0.2) is 58.6 Å². The highest BCUT2D eigenvalue weighted by Crippen LogP contribution is 2.24. The van der Waals surface area contributed by atoms with Crippen LogP contribution in [0.25, 0.3) is 0 Å². The molecule has 1 N–H and O–H groups in total. The fraction of sp³-hybridized carbons (Fsp3) is 0.667. The summed E-state index contributed by atoms with van der Waals surface area (Å²) in [7, 11) is -3.28. The molecule has 1 saturated heterocycles. The third kappa shape index (κ3) is 2.71. The van der Waals surface area contributed by atoms with Crippen molar-refractivity contribution in [3.05, 3.63) is 17.0 Å². The van der Waals surface area contributed by atoms with Gasteiger partial charge in [-0.1, -0.05) is 6.92 Å². The van der Waals surface area contributed by atoms with Gasteiger partial charge in [-0.2, -0.15) is 16.9 Å². The number of aryl methyl sites for hydroxylation is 2. The summed E-state index contributed by atoms with van der Waals surface area (Å²) < 4.78 is 24.4. The van der Waals surface area contributed by atoms with E-state index >= 15 is 0 Å². The van der Waals surface area contributed by atoms with Gasteiger partial charge in [0.2, 0.25) is 0 Å². The molecule has 1 amide bonds. The maximum Gasteiger partial charge on any atom is 0.258 e. The van der Waals surface area contributed by atoms with Crippen LogP contribution in [0, 0.1) is 13.8 Å². The van der Waals surface area contributed by atoms with Crippen molar-refractivity contribution in [3.63, 3.8) is 0 Å². The van der Waals surface area contributed by atoms with Gasteiger partial charge in [-0.25, -0.2) is 8.42 Å². The second kappa shape index (κ2) is 5.77. The predicted octanol–water partition coefficient (Wildman–Crippen LogP) is 0.976. The van der Waals surface area contributed by atoms with Gasteiger partial charge in [-0.05, 0) is 13.8 Å². The van der Waals surface area contributed by atoms with Crippen LogP contribution in [0.3, 0.4) is 0 Å². The van der Waals surface area contributed by atoms with Gasteiger partial charge >= 0.3 is 0 Å². The highest BCUT2D eigenvalue weighted by Gasteiger charge is 2.37. The van der Waals surface area contributed by atoms with Crippen LogP contribution in [-0.2, 0) is 9.84 Å². The van der Waals surface area contributed by atoms with Crippen LogP contribution < -0.4 is 0 Å². The third-order valence-electron chi connectivity index (χ3n) is 3.50. The number of aromatic nitrogens is 2. The highest BCUT2D eigenvalue weighted by atomic mass is 32.2. The number of hydrogen-bond donors (Lipinski definition) is 1. The first-order valence-corrected chi connectivity index (χ1v) is 9.37. The van der Waals surface area contributed by atoms with E-state index in [1.165, 1.54) is 4.90 Å². The van der Waals surface area contributed by atoms with E-state index in [0.29, 0.717) is 29.2 Å². The molecule has 1 atom stereocenters. The summed E-state index contributed by atoms with van der Waals surface area (Å²) in [5, 5.41) is 6.06. The summed E-state index contributed by atoms with van der Waals surface area (Å²) in [4.78, 5) is 14.2. The number of carbonyl (C=O) groups excluding carboxylic acids is 1. The van der Waals surface area contributed by atoms with Gasteiger partial charge in [0.05, 0.1) is 11.3 Å². The summed E-state index contributed by atoms with van der Waals surface area (Å²) in [5.74, 6) is 1.01. The summed E-state index contributed by atoms with van der Waals surface area (Å²) in [5.41, 5.74) is 1.78. The number of nitrogens with one attached hydrogen (secondary N) is 1. The fourth-order valence-corrected chi connectivity index (χ4v) is 5.28. The standard InChI is InChI=1S/C12H19N3O3S2/c1-4-20(17,18)10-7-19-6-5-15(10)12(16)11-8(2)13-14-9(11)3/h10H,4-7H2,1-3H3,(H,13,14). The molecule has 1 aromatic rings. The molecule has 2 heterocycles. The first kappa shape index (κ1) is 15.4. The minimum Gasteiger partial charge on any atom is -0.320 e. The molecule has 0 spiro atoms. The Kier molecular flexibility index (Phi) is 4.43. The molecule has 0 aromatic carbocycles. The van der Waals surface area contributed by atoms with Gasteiger partial charge in [-0.3, -0.25) is 9.89 Å². The van der Waals surface area contributed by atoms with Gasteiger partial charge in [0.15, 0.2) is 9.84 Å². The Morgan fingerprint density at radius 1 is 1.50 bits per heavy atom. The van der Waals surface area contributed by atoms with Gasteiger partial charge in [-0.15, -0.1) is 0 Å². The Labute approximate surface area is 123 Å². The van der Waals surface area contributed by atoms with Gasteiger partial charge in [0.25, 0.3) is 5.91 Å². The summed E-state index contributed by atoms with van der Waals surface area (Å²) in [6, 6.07) is 0. The molecular weight excluding hydrogens is 298 g/mol. The van der Waals surface area contributed by atoms with Gasteiger partial charge < -0.3 is 4.90 Å². The Morgan fingerprint density at radius 2 is 2.20 bits per heavy atom. The molecule has 2 rings (SSSR count). The lowest BCUT2D eigenvalue weighted by Gasteiger charge is -2.34. The Morgan fingerprint density at radius 3 is 2.75 bits per heavy atom. The average molecular weight is 317 g/mol. The lowest BCUT2D eigenvalue weighted by atomic mass is 10.1. The van der Waals surface area contributed by atoms with Crippen molar-refractivity contribution in [1.82, 2.24) is 15.1 Å². The number of H-pyrrole nitrogens is 1. The van der Waals surface area contributed by atoms with Crippen LogP contribution in [0.2, 0.25) is 0 Å². The van der Waals surface area contributed by atoms with Crippen molar-refractivity contribution in [1.29, 1.82) is 0 Å². The molecule has 0 radical (unpaired) electrons. The topological polar surface area (TPSA) is 83.1 Å². The van der Waals surface area contributed by atoms with E-state index in [1.54, 1.807) is 32.5 Å². The number of nitrogens with zero attached hydrogens (tertiary/aromatic N) is 2. The van der Waals surface area contributed by atoms with Crippen molar-refractivity contribution >= 4 is 27.5 Å². The number of thioether (sulfide) groups is 1. The first-order chi connectivity index (χ1) is 9.38. The van der Waals surface area contributed by atoms with Crippen molar-refractivity contribution in [2.45, 2.75) is 26.1 Å². The molecule has 1 fully saturated rings. The highest BCUT2D eigenvalue weighted by molar-refractivity contribution is 8.01. The van der Waals surface area contributed by atoms with Gasteiger partial charge in [0.1, 0.15) is 5.37 Å². The SMILES string of the molecule is CCS(=O)(=O)C1CSCCN1C(=O)c1c(C)n[nH]c1C. The molecule has 1 aliphatic rings. The van der Waals surface area contributed by atoms with E-state index in [4.69, 9.17) is 0 Å². The molecule has 20 heavy (non-hydrogen) atoms. The predicted molar refractivity (Wildman–Crippen MR) is 79.7 cm³/mol. The van der Waals surface area contributed by atoms with E-state index in [-0.39, 0.29) is 11.7 Å².